The van der Waals surface area contributed by atoms with Crippen LogP contribution in [0.2, 0.25) is 0 Å². The predicted octanol–water partition coefficient (Wildman–Crippen LogP) is 14.8. The Hall–Kier alpha value is -6.50. The summed E-state index contributed by atoms with van der Waals surface area (Å²) in [6.45, 7) is 18.7. The zero-order valence-electron chi connectivity index (χ0n) is 35.8. The summed E-state index contributed by atoms with van der Waals surface area (Å²) in [5.74, 6) is 1.31. The van der Waals surface area contributed by atoms with Crippen LogP contribution in [0.3, 0.4) is 0 Å². The molecule has 0 saturated carbocycles. The lowest BCUT2D eigenvalue weighted by Crippen LogP contribution is -2.07. The van der Waals surface area contributed by atoms with E-state index in [2.05, 4.69) is 184 Å². The molecule has 0 N–H and O–H groups in total. The molecule has 3 unspecified atom stereocenters. The van der Waals surface area contributed by atoms with E-state index in [4.69, 9.17) is 15.0 Å². The van der Waals surface area contributed by atoms with E-state index in [0.717, 1.165) is 63.6 Å². The molecule has 0 radical (unpaired) electrons. The third-order valence-electron chi connectivity index (χ3n) is 11.7. The molecule has 3 aliphatic rings. The van der Waals surface area contributed by atoms with Gasteiger partial charge in [0.1, 0.15) is 5.82 Å². The SMILES string of the molecule is C=C/C=C\C(SC=C)=C(/C)C(C)/C=C(\C=C/C)C1=NC(n2c3c(c4ccccc42)-c2c(n(-c4ccnc5c4/C=C\C(C)/C=C\C=NC5C)c4ccccc24)C=CC3)=CC=CC1. The number of fused-ring (bicyclic) bond motifs is 8. The number of thioether (sulfide) groups is 1. The lowest BCUT2D eigenvalue weighted by Gasteiger charge is -2.18. The lowest BCUT2D eigenvalue weighted by atomic mass is 9.95. The molecule has 8 rings (SSSR count). The summed E-state index contributed by atoms with van der Waals surface area (Å²) < 4.78 is 4.84. The van der Waals surface area contributed by atoms with Gasteiger partial charge in [-0.25, -0.2) is 4.99 Å². The van der Waals surface area contributed by atoms with Gasteiger partial charge in [-0.15, -0.1) is 0 Å². The third-order valence-corrected chi connectivity index (χ3v) is 12.6. The fourth-order valence-corrected chi connectivity index (χ4v) is 9.34. The maximum Gasteiger partial charge on any atom is 0.137 e. The Morgan fingerprint density at radius 1 is 0.885 bits per heavy atom. The first-order valence-corrected chi connectivity index (χ1v) is 22.1. The van der Waals surface area contributed by atoms with Crippen LogP contribution in [0.1, 0.15) is 69.7 Å². The molecule has 61 heavy (non-hydrogen) atoms. The third kappa shape index (κ3) is 8.08. The lowest BCUT2D eigenvalue weighted by molar-refractivity contribution is 0.781. The number of aliphatic imine (C=N–C) groups is 2. The summed E-state index contributed by atoms with van der Waals surface area (Å²) in [5, 5.41) is 4.29. The van der Waals surface area contributed by atoms with Crippen LogP contribution in [0, 0.1) is 11.8 Å². The number of pyridine rings is 1. The van der Waals surface area contributed by atoms with Gasteiger partial charge in [0.15, 0.2) is 0 Å². The monoisotopic (exact) mass is 815 g/mol. The van der Waals surface area contributed by atoms with Crippen molar-refractivity contribution in [2.45, 2.75) is 53.5 Å². The molecule has 3 aromatic heterocycles. The summed E-state index contributed by atoms with van der Waals surface area (Å²) in [6, 6.07) is 19.7. The van der Waals surface area contributed by atoms with Gasteiger partial charge in [0.2, 0.25) is 0 Å². The van der Waals surface area contributed by atoms with Crippen LogP contribution in [-0.2, 0) is 6.42 Å². The summed E-state index contributed by atoms with van der Waals surface area (Å²) in [7, 11) is 0. The Bertz CT molecular complexity index is 2890. The number of hydrogen-bond acceptors (Lipinski definition) is 4. The van der Waals surface area contributed by atoms with Crippen molar-refractivity contribution in [3.63, 3.8) is 0 Å². The van der Waals surface area contributed by atoms with Gasteiger partial charge in [-0.3, -0.25) is 14.5 Å². The van der Waals surface area contributed by atoms with Crippen LogP contribution in [0.4, 0.5) is 0 Å². The van der Waals surface area contributed by atoms with E-state index in [1.165, 1.54) is 38.1 Å². The van der Waals surface area contributed by atoms with Crippen molar-refractivity contribution < 1.29 is 0 Å². The van der Waals surface area contributed by atoms with Crippen molar-refractivity contribution in [1.29, 1.82) is 0 Å². The molecule has 5 heterocycles. The van der Waals surface area contributed by atoms with Gasteiger partial charge in [0.05, 0.1) is 39.9 Å². The highest BCUT2D eigenvalue weighted by atomic mass is 32.2. The van der Waals surface area contributed by atoms with E-state index in [1.54, 1.807) is 11.8 Å². The quantitative estimate of drug-likeness (QED) is 0.132. The standard InChI is InChI=1S/C55H53N5S/c1-8-11-29-51(61-10-3)39(6)38(5)36-41(20-9-2)45-24-14-17-30-52(58-45)60-47-26-16-13-23-43(47)54-50(60)28-18-27-49-53(54)42-22-12-15-25-46(42)59(49)48-33-35-57-55-40(7)56-34-19-21-37(4)31-32-44(48)55/h8-23,25-27,29-38,40H,1,3,24,28H2,2,4-7H3/b20-9-,21-19-,29-11-,32-31-,41-36+,51-39-,56-34?. The molecule has 0 fully saturated rings. The van der Waals surface area contributed by atoms with E-state index in [0.29, 0.717) is 0 Å². The first kappa shape index (κ1) is 41.2. The fraction of sp³-hybridized carbons (Fsp3) is 0.182. The summed E-state index contributed by atoms with van der Waals surface area (Å²) in [5.41, 5.74) is 13.7. The largest absolute Gasteiger partial charge is 0.309 e. The van der Waals surface area contributed by atoms with Crippen LogP contribution in [0.25, 0.3) is 56.6 Å². The maximum absolute atomic E-state index is 5.57. The highest BCUT2D eigenvalue weighted by Crippen LogP contribution is 2.47. The van der Waals surface area contributed by atoms with Gasteiger partial charge in [-0.1, -0.05) is 148 Å². The van der Waals surface area contributed by atoms with Crippen molar-refractivity contribution in [2.75, 3.05) is 0 Å². The molecule has 2 aliphatic heterocycles. The Kier molecular flexibility index (Phi) is 12.4. The highest BCUT2D eigenvalue weighted by Gasteiger charge is 2.29. The van der Waals surface area contributed by atoms with Crippen LogP contribution in [-0.4, -0.2) is 26.0 Å². The number of hydrogen-bond donors (Lipinski definition) is 0. The minimum Gasteiger partial charge on any atom is -0.309 e. The van der Waals surface area contributed by atoms with Gasteiger partial charge >= 0.3 is 0 Å². The van der Waals surface area contributed by atoms with Crippen molar-refractivity contribution in [2.24, 2.45) is 21.8 Å². The maximum atomic E-state index is 5.57. The van der Waals surface area contributed by atoms with E-state index in [1.807, 2.05) is 36.0 Å². The van der Waals surface area contributed by atoms with Crippen LogP contribution < -0.4 is 0 Å². The minimum atomic E-state index is -0.106. The van der Waals surface area contributed by atoms with E-state index >= 15 is 0 Å². The Balaban J connectivity index is 1.33. The Morgan fingerprint density at radius 2 is 1.66 bits per heavy atom. The number of para-hydroxylation sites is 2. The molecule has 304 valence electrons. The normalized spacial score (nSPS) is 19.7. The van der Waals surface area contributed by atoms with Crippen molar-refractivity contribution in [3.05, 3.63) is 197 Å². The molecule has 0 spiro atoms. The molecule has 0 bridgehead atoms. The van der Waals surface area contributed by atoms with E-state index in [9.17, 15) is 0 Å². The molecule has 3 atom stereocenters. The Labute approximate surface area is 365 Å². The van der Waals surface area contributed by atoms with Gasteiger partial charge in [0.25, 0.3) is 0 Å². The van der Waals surface area contributed by atoms with Gasteiger partial charge in [-0.2, -0.15) is 0 Å². The highest BCUT2D eigenvalue weighted by molar-refractivity contribution is 8.06. The van der Waals surface area contributed by atoms with Crippen molar-refractivity contribution >= 4 is 63.5 Å². The first-order valence-electron chi connectivity index (χ1n) is 21.2. The molecule has 0 saturated heterocycles. The molecule has 5 aromatic rings. The number of benzene rings is 2. The zero-order valence-corrected chi connectivity index (χ0v) is 36.6. The van der Waals surface area contributed by atoms with Crippen molar-refractivity contribution in [1.82, 2.24) is 14.1 Å². The molecule has 0 amide bonds. The molecular weight excluding hydrogens is 763 g/mol. The fourth-order valence-electron chi connectivity index (χ4n) is 8.63. The Morgan fingerprint density at radius 3 is 2.43 bits per heavy atom. The minimum absolute atomic E-state index is 0.106. The summed E-state index contributed by atoms with van der Waals surface area (Å²) >= 11 is 1.64. The van der Waals surface area contributed by atoms with E-state index < -0.39 is 0 Å². The second-order valence-corrected chi connectivity index (χ2v) is 16.7. The summed E-state index contributed by atoms with van der Waals surface area (Å²) in [6.07, 6.45) is 37.8. The second kappa shape index (κ2) is 18.4. The zero-order chi connectivity index (χ0) is 42.5. The van der Waals surface area contributed by atoms with Crippen LogP contribution in [0.15, 0.2) is 184 Å². The predicted molar refractivity (Wildman–Crippen MR) is 266 cm³/mol. The number of rotatable bonds is 10. The molecular formula is C55H53N5S. The van der Waals surface area contributed by atoms with Crippen molar-refractivity contribution in [3.8, 4) is 16.8 Å². The van der Waals surface area contributed by atoms with Gasteiger partial charge in [-0.05, 0) is 86.1 Å². The van der Waals surface area contributed by atoms with Gasteiger partial charge in [0, 0.05) is 63.3 Å². The molecule has 5 nitrogen and oxygen atoms in total. The van der Waals surface area contributed by atoms with E-state index in [-0.39, 0.29) is 17.9 Å². The van der Waals surface area contributed by atoms with Crippen LogP contribution in [0.5, 0.6) is 0 Å². The number of aromatic nitrogens is 3. The molecule has 1 aliphatic carbocycles. The summed E-state index contributed by atoms with van der Waals surface area (Å²) in [4.78, 5) is 16.5. The number of allylic oxidation sites excluding steroid dienone is 15. The molecule has 6 heteroatoms. The topological polar surface area (TPSA) is 47.5 Å². The van der Waals surface area contributed by atoms with Crippen LogP contribution >= 0.6 is 11.8 Å². The smallest absolute Gasteiger partial charge is 0.137 e. The second-order valence-electron chi connectivity index (χ2n) is 15.7. The van der Waals surface area contributed by atoms with Gasteiger partial charge < -0.3 is 4.57 Å². The number of nitrogens with zero attached hydrogens (tertiary/aromatic N) is 5. The first-order chi connectivity index (χ1) is 29.8. The average Bonchev–Trinajstić information content (AvgIpc) is 3.52. The average molecular weight is 816 g/mol. The molecule has 2 aromatic carbocycles.